The Morgan fingerprint density at radius 1 is 1.38 bits per heavy atom. The van der Waals surface area contributed by atoms with Crippen molar-refractivity contribution in [2.75, 3.05) is 26.4 Å². The van der Waals surface area contributed by atoms with Crippen LogP contribution in [0.1, 0.15) is 19.3 Å². The van der Waals surface area contributed by atoms with Gasteiger partial charge in [-0.25, -0.2) is 0 Å². The van der Waals surface area contributed by atoms with Crippen LogP contribution in [0, 0.1) is 5.92 Å². The van der Waals surface area contributed by atoms with Gasteiger partial charge < -0.3 is 19.9 Å². The Hall–Kier alpha value is -0.650. The Kier molecular flexibility index (Phi) is 4.15. The third-order valence-corrected chi connectivity index (χ3v) is 3.11. The molecule has 2 aliphatic heterocycles. The molecular weight excluding hydrogens is 210 g/mol. The first-order valence-electron chi connectivity index (χ1n) is 5.89. The molecule has 2 N–H and O–H groups in total. The summed E-state index contributed by atoms with van der Waals surface area (Å²) < 4.78 is 15.8. The molecule has 2 saturated heterocycles. The van der Waals surface area contributed by atoms with Crippen LogP contribution in [-0.2, 0) is 19.0 Å². The summed E-state index contributed by atoms with van der Waals surface area (Å²) in [4.78, 5) is 11.7. The summed E-state index contributed by atoms with van der Waals surface area (Å²) in [6.07, 6.45) is 3.29. The molecule has 3 atom stereocenters. The van der Waals surface area contributed by atoms with Crippen molar-refractivity contribution >= 4 is 5.97 Å². The van der Waals surface area contributed by atoms with Gasteiger partial charge in [-0.1, -0.05) is 0 Å². The van der Waals surface area contributed by atoms with Crippen molar-refractivity contribution < 1.29 is 19.0 Å². The van der Waals surface area contributed by atoms with E-state index in [-0.39, 0.29) is 24.0 Å². The van der Waals surface area contributed by atoms with Crippen molar-refractivity contribution in [2.45, 2.75) is 31.4 Å². The molecule has 0 saturated carbocycles. The van der Waals surface area contributed by atoms with Crippen LogP contribution in [0.3, 0.4) is 0 Å². The molecular formula is C11H19NO4. The normalized spacial score (nSPS) is 34.9. The fraction of sp³-hybridized carbons (Fsp3) is 0.909. The first kappa shape index (κ1) is 11.8. The Morgan fingerprint density at radius 3 is 2.88 bits per heavy atom. The van der Waals surface area contributed by atoms with Crippen LogP contribution in [0.5, 0.6) is 0 Å². The van der Waals surface area contributed by atoms with E-state index in [0.717, 1.165) is 25.9 Å². The van der Waals surface area contributed by atoms with E-state index in [4.69, 9.17) is 19.9 Å². The molecule has 0 bridgehead atoms. The molecule has 92 valence electrons. The van der Waals surface area contributed by atoms with E-state index < -0.39 is 0 Å². The smallest absolute Gasteiger partial charge is 0.313 e. The maximum Gasteiger partial charge on any atom is 0.313 e. The fourth-order valence-electron chi connectivity index (χ4n) is 2.03. The van der Waals surface area contributed by atoms with E-state index >= 15 is 0 Å². The second kappa shape index (κ2) is 5.61. The van der Waals surface area contributed by atoms with E-state index in [0.29, 0.717) is 19.8 Å². The fourth-order valence-corrected chi connectivity index (χ4v) is 2.03. The molecule has 2 heterocycles. The van der Waals surface area contributed by atoms with Gasteiger partial charge in [-0.2, -0.15) is 0 Å². The molecule has 2 aliphatic rings. The van der Waals surface area contributed by atoms with E-state index in [9.17, 15) is 4.79 Å². The van der Waals surface area contributed by atoms with Gasteiger partial charge in [0.05, 0.1) is 25.2 Å². The minimum atomic E-state index is -0.302. The summed E-state index contributed by atoms with van der Waals surface area (Å²) in [6.45, 7) is 1.95. The van der Waals surface area contributed by atoms with Crippen LogP contribution in [-0.4, -0.2) is 44.5 Å². The monoisotopic (exact) mass is 229 g/mol. The summed E-state index contributed by atoms with van der Waals surface area (Å²) in [5, 5.41) is 0. The van der Waals surface area contributed by atoms with Crippen molar-refractivity contribution in [3.8, 4) is 0 Å². The third kappa shape index (κ3) is 2.93. The largest absolute Gasteiger partial charge is 0.463 e. The Morgan fingerprint density at radius 2 is 2.25 bits per heavy atom. The molecule has 3 unspecified atom stereocenters. The van der Waals surface area contributed by atoms with Gasteiger partial charge >= 0.3 is 5.97 Å². The van der Waals surface area contributed by atoms with Gasteiger partial charge in [-0.3, -0.25) is 4.79 Å². The topological polar surface area (TPSA) is 70.8 Å². The average Bonchev–Trinajstić information content (AvgIpc) is 2.74. The Labute approximate surface area is 95.2 Å². The van der Waals surface area contributed by atoms with Crippen LogP contribution in [0.2, 0.25) is 0 Å². The van der Waals surface area contributed by atoms with E-state index in [1.807, 2.05) is 0 Å². The predicted molar refractivity (Wildman–Crippen MR) is 56.8 cm³/mol. The molecule has 0 aromatic rings. The lowest BCUT2D eigenvalue weighted by molar-refractivity contribution is -0.154. The van der Waals surface area contributed by atoms with Gasteiger partial charge in [-0.05, 0) is 19.3 Å². The highest BCUT2D eigenvalue weighted by molar-refractivity contribution is 5.73. The van der Waals surface area contributed by atoms with Crippen molar-refractivity contribution in [2.24, 2.45) is 11.7 Å². The van der Waals surface area contributed by atoms with Crippen molar-refractivity contribution in [1.82, 2.24) is 0 Å². The number of ether oxygens (including phenoxy) is 3. The zero-order valence-electron chi connectivity index (χ0n) is 9.39. The second-order valence-electron chi connectivity index (χ2n) is 4.43. The van der Waals surface area contributed by atoms with Crippen LogP contribution in [0.15, 0.2) is 0 Å². The van der Waals surface area contributed by atoms with E-state index in [1.54, 1.807) is 0 Å². The summed E-state index contributed by atoms with van der Waals surface area (Å²) in [5.74, 6) is -0.553. The number of hydrogen-bond donors (Lipinski definition) is 1. The Balaban J connectivity index is 1.70. The summed E-state index contributed by atoms with van der Waals surface area (Å²) in [5.41, 5.74) is 5.73. The minimum absolute atomic E-state index is 0.0660. The highest BCUT2D eigenvalue weighted by atomic mass is 16.6. The molecule has 0 amide bonds. The number of carbonyl (C=O) groups is 1. The lowest BCUT2D eigenvalue weighted by Crippen LogP contribution is -2.36. The maximum atomic E-state index is 11.7. The van der Waals surface area contributed by atoms with E-state index in [1.165, 1.54) is 0 Å². The lowest BCUT2D eigenvalue weighted by Gasteiger charge is -2.23. The minimum Gasteiger partial charge on any atom is -0.463 e. The molecule has 0 aromatic carbocycles. The maximum absolute atomic E-state index is 11.7. The molecule has 0 aliphatic carbocycles. The van der Waals surface area contributed by atoms with Crippen molar-refractivity contribution in [1.29, 1.82) is 0 Å². The van der Waals surface area contributed by atoms with Crippen LogP contribution in [0.25, 0.3) is 0 Å². The summed E-state index contributed by atoms with van der Waals surface area (Å²) in [6, 6.07) is -0.222. The van der Waals surface area contributed by atoms with Crippen LogP contribution >= 0.6 is 0 Å². The molecule has 16 heavy (non-hydrogen) atoms. The standard InChI is InChI=1S/C11H19NO4/c12-10-7-14-6-9(10)11(13)16-5-8-3-1-2-4-15-8/h8-10H,1-7,12H2. The zero-order chi connectivity index (χ0) is 11.4. The molecule has 0 aromatic heterocycles. The van der Waals surface area contributed by atoms with E-state index in [2.05, 4.69) is 0 Å². The molecule has 5 nitrogen and oxygen atoms in total. The lowest BCUT2D eigenvalue weighted by atomic mass is 10.1. The van der Waals surface area contributed by atoms with Gasteiger partial charge in [-0.15, -0.1) is 0 Å². The van der Waals surface area contributed by atoms with Crippen LogP contribution in [0.4, 0.5) is 0 Å². The number of esters is 1. The molecule has 2 fully saturated rings. The Bertz CT molecular complexity index is 240. The van der Waals surface area contributed by atoms with Crippen molar-refractivity contribution in [3.63, 3.8) is 0 Å². The first-order valence-corrected chi connectivity index (χ1v) is 5.89. The second-order valence-corrected chi connectivity index (χ2v) is 4.43. The van der Waals surface area contributed by atoms with Gasteiger partial charge in [0.2, 0.25) is 0 Å². The number of carbonyl (C=O) groups excluding carboxylic acids is 1. The van der Waals surface area contributed by atoms with Gasteiger partial charge in [0.1, 0.15) is 6.61 Å². The summed E-state index contributed by atoms with van der Waals surface area (Å²) >= 11 is 0. The van der Waals surface area contributed by atoms with Gasteiger partial charge in [0.15, 0.2) is 0 Å². The third-order valence-electron chi connectivity index (χ3n) is 3.11. The zero-order valence-corrected chi connectivity index (χ0v) is 9.39. The number of hydrogen-bond acceptors (Lipinski definition) is 5. The summed E-state index contributed by atoms with van der Waals surface area (Å²) in [7, 11) is 0. The average molecular weight is 229 g/mol. The van der Waals surface area contributed by atoms with Crippen molar-refractivity contribution in [3.05, 3.63) is 0 Å². The molecule has 0 spiro atoms. The van der Waals surface area contributed by atoms with Gasteiger partial charge in [0.25, 0.3) is 0 Å². The quantitative estimate of drug-likeness (QED) is 0.694. The highest BCUT2D eigenvalue weighted by Gasteiger charge is 2.33. The highest BCUT2D eigenvalue weighted by Crippen LogP contribution is 2.16. The SMILES string of the molecule is NC1COCC1C(=O)OCC1CCCCO1. The first-order chi connectivity index (χ1) is 7.77. The van der Waals surface area contributed by atoms with Gasteiger partial charge in [0, 0.05) is 12.6 Å². The predicted octanol–water partition coefficient (Wildman–Crippen LogP) is 0.0724. The number of nitrogens with two attached hydrogens (primary N) is 1. The molecule has 2 rings (SSSR count). The molecule has 0 radical (unpaired) electrons. The number of rotatable bonds is 3. The molecule has 5 heteroatoms. The van der Waals surface area contributed by atoms with Crippen LogP contribution < -0.4 is 5.73 Å².